The second kappa shape index (κ2) is 5.19. The minimum atomic E-state index is -0.141. The van der Waals surface area contributed by atoms with Gasteiger partial charge in [-0.2, -0.15) is 0 Å². The van der Waals surface area contributed by atoms with Crippen LogP contribution in [0.15, 0.2) is 18.2 Å². The highest BCUT2D eigenvalue weighted by Crippen LogP contribution is 2.41. The Kier molecular flexibility index (Phi) is 3.81. The van der Waals surface area contributed by atoms with E-state index in [1.807, 2.05) is 18.2 Å². The van der Waals surface area contributed by atoms with Crippen molar-refractivity contribution >= 4 is 0 Å². The molecule has 3 nitrogen and oxygen atoms in total. The molecule has 100 valence electrons. The van der Waals surface area contributed by atoms with Gasteiger partial charge in [0.05, 0.1) is 6.61 Å². The van der Waals surface area contributed by atoms with Gasteiger partial charge in [0.2, 0.25) is 0 Å². The van der Waals surface area contributed by atoms with Crippen LogP contribution in [0.2, 0.25) is 0 Å². The van der Waals surface area contributed by atoms with Crippen molar-refractivity contribution in [1.29, 1.82) is 0 Å². The predicted octanol–water partition coefficient (Wildman–Crippen LogP) is 3.43. The third-order valence-electron chi connectivity index (χ3n) is 3.61. The summed E-state index contributed by atoms with van der Waals surface area (Å²) in [6, 6.07) is 5.99. The zero-order valence-electron chi connectivity index (χ0n) is 11.5. The van der Waals surface area contributed by atoms with E-state index < -0.39 is 0 Å². The van der Waals surface area contributed by atoms with Crippen molar-refractivity contribution in [2.75, 3.05) is 6.61 Å². The molecule has 1 heterocycles. The van der Waals surface area contributed by atoms with Crippen LogP contribution in [0, 0.1) is 0 Å². The zero-order chi connectivity index (χ0) is 13.2. The minimum Gasteiger partial charge on any atom is -0.494 e. The molecule has 0 saturated heterocycles. The first-order valence-corrected chi connectivity index (χ1v) is 6.79. The van der Waals surface area contributed by atoms with Gasteiger partial charge in [0.15, 0.2) is 0 Å². The Balaban J connectivity index is 2.23. The van der Waals surface area contributed by atoms with Crippen molar-refractivity contribution in [3.05, 3.63) is 23.8 Å². The van der Waals surface area contributed by atoms with Gasteiger partial charge in [-0.1, -0.05) is 13.8 Å². The van der Waals surface area contributed by atoms with E-state index in [0.717, 1.165) is 42.9 Å². The number of ether oxygens (including phenoxy) is 2. The molecule has 2 unspecified atom stereocenters. The molecular weight excluding hydrogens is 226 g/mol. The lowest BCUT2D eigenvalue weighted by atomic mass is 9.87. The normalized spacial score (nSPS) is 26.3. The first-order valence-electron chi connectivity index (χ1n) is 6.79. The molecule has 1 aromatic carbocycles. The first kappa shape index (κ1) is 13.2. The summed E-state index contributed by atoms with van der Waals surface area (Å²) in [6.07, 6.45) is 2.83. The molecule has 2 N–H and O–H groups in total. The summed E-state index contributed by atoms with van der Waals surface area (Å²) in [5.74, 6) is 1.79. The summed E-state index contributed by atoms with van der Waals surface area (Å²) in [6.45, 7) is 7.09. The lowest BCUT2D eigenvalue weighted by Crippen LogP contribution is -2.39. The Morgan fingerprint density at radius 2 is 2.22 bits per heavy atom. The average molecular weight is 249 g/mol. The third-order valence-corrected chi connectivity index (χ3v) is 3.61. The Hall–Kier alpha value is -1.22. The largest absolute Gasteiger partial charge is 0.494 e. The molecule has 0 aliphatic carbocycles. The molecule has 2 rings (SSSR count). The number of hydrogen-bond donors (Lipinski definition) is 1. The summed E-state index contributed by atoms with van der Waals surface area (Å²) >= 11 is 0. The van der Waals surface area contributed by atoms with Crippen molar-refractivity contribution in [1.82, 2.24) is 0 Å². The van der Waals surface area contributed by atoms with Crippen LogP contribution in [0.5, 0.6) is 11.5 Å². The second-order valence-corrected chi connectivity index (χ2v) is 5.26. The van der Waals surface area contributed by atoms with E-state index in [1.54, 1.807) is 0 Å². The lowest BCUT2D eigenvalue weighted by Gasteiger charge is -2.38. The van der Waals surface area contributed by atoms with Crippen LogP contribution in [0.3, 0.4) is 0 Å². The van der Waals surface area contributed by atoms with Crippen LogP contribution in [0.1, 0.15) is 51.6 Å². The predicted molar refractivity (Wildman–Crippen MR) is 73.1 cm³/mol. The van der Waals surface area contributed by atoms with Gasteiger partial charge in [-0.25, -0.2) is 0 Å². The topological polar surface area (TPSA) is 44.5 Å². The molecule has 3 heteroatoms. The fourth-order valence-corrected chi connectivity index (χ4v) is 2.32. The van der Waals surface area contributed by atoms with Crippen LogP contribution in [-0.4, -0.2) is 12.2 Å². The van der Waals surface area contributed by atoms with Crippen LogP contribution in [-0.2, 0) is 0 Å². The fourth-order valence-electron chi connectivity index (χ4n) is 2.32. The molecule has 1 aromatic rings. The smallest absolute Gasteiger partial charge is 0.125 e. The van der Waals surface area contributed by atoms with E-state index in [1.165, 1.54) is 0 Å². The van der Waals surface area contributed by atoms with Crippen molar-refractivity contribution < 1.29 is 9.47 Å². The highest BCUT2D eigenvalue weighted by atomic mass is 16.5. The van der Waals surface area contributed by atoms with Gasteiger partial charge >= 0.3 is 0 Å². The van der Waals surface area contributed by atoms with Gasteiger partial charge in [0.1, 0.15) is 17.1 Å². The van der Waals surface area contributed by atoms with Crippen molar-refractivity contribution in [2.45, 2.75) is 51.7 Å². The quantitative estimate of drug-likeness (QED) is 0.889. The maximum absolute atomic E-state index is 6.26. The molecular formula is C15H23NO2. The highest BCUT2D eigenvalue weighted by Gasteiger charge is 2.34. The SMILES string of the molecule is CCCOc1ccc2c(c1)C(N)CC(C)(CC)O2. The van der Waals surface area contributed by atoms with Crippen molar-refractivity contribution in [2.24, 2.45) is 5.73 Å². The Morgan fingerprint density at radius 3 is 2.89 bits per heavy atom. The number of hydrogen-bond acceptors (Lipinski definition) is 3. The van der Waals surface area contributed by atoms with Crippen molar-refractivity contribution in [3.8, 4) is 11.5 Å². The summed E-state index contributed by atoms with van der Waals surface area (Å²) in [7, 11) is 0. The summed E-state index contributed by atoms with van der Waals surface area (Å²) in [5, 5.41) is 0. The molecule has 18 heavy (non-hydrogen) atoms. The number of rotatable bonds is 4. The molecule has 0 amide bonds. The molecule has 1 aliphatic heterocycles. The third kappa shape index (κ3) is 2.61. The van der Waals surface area contributed by atoms with Gasteiger partial charge < -0.3 is 15.2 Å². The monoisotopic (exact) mass is 249 g/mol. The molecule has 0 bridgehead atoms. The molecule has 0 fully saturated rings. The van der Waals surface area contributed by atoms with Crippen molar-refractivity contribution in [3.63, 3.8) is 0 Å². The first-order chi connectivity index (χ1) is 8.58. The Morgan fingerprint density at radius 1 is 1.44 bits per heavy atom. The summed E-state index contributed by atoms with van der Waals surface area (Å²) < 4.78 is 11.7. The molecule has 0 saturated carbocycles. The highest BCUT2D eigenvalue weighted by molar-refractivity contribution is 5.44. The van der Waals surface area contributed by atoms with E-state index in [2.05, 4.69) is 20.8 Å². The van der Waals surface area contributed by atoms with Gasteiger partial charge in [-0.15, -0.1) is 0 Å². The van der Waals surface area contributed by atoms with Crippen LogP contribution < -0.4 is 15.2 Å². The van der Waals surface area contributed by atoms with Gasteiger partial charge in [0, 0.05) is 18.0 Å². The molecule has 0 radical (unpaired) electrons. The van der Waals surface area contributed by atoms with E-state index in [-0.39, 0.29) is 11.6 Å². The van der Waals surface area contributed by atoms with E-state index in [9.17, 15) is 0 Å². The number of benzene rings is 1. The Bertz CT molecular complexity index is 419. The minimum absolute atomic E-state index is 0.0314. The molecule has 0 aromatic heterocycles. The maximum Gasteiger partial charge on any atom is 0.125 e. The summed E-state index contributed by atoms with van der Waals surface area (Å²) in [4.78, 5) is 0. The van der Waals surface area contributed by atoms with Crippen LogP contribution >= 0.6 is 0 Å². The van der Waals surface area contributed by atoms with Gasteiger partial charge in [-0.3, -0.25) is 0 Å². The standard InChI is InChI=1S/C15H23NO2/c1-4-8-17-11-6-7-14-12(9-11)13(16)10-15(3,5-2)18-14/h6-7,9,13H,4-5,8,10,16H2,1-3H3. The maximum atomic E-state index is 6.26. The van der Waals surface area contributed by atoms with Gasteiger partial charge in [-0.05, 0) is 38.0 Å². The average Bonchev–Trinajstić information content (AvgIpc) is 2.36. The number of fused-ring (bicyclic) bond motifs is 1. The number of nitrogens with two attached hydrogens (primary N) is 1. The van der Waals surface area contributed by atoms with E-state index >= 15 is 0 Å². The second-order valence-electron chi connectivity index (χ2n) is 5.26. The van der Waals surface area contributed by atoms with Gasteiger partial charge in [0.25, 0.3) is 0 Å². The van der Waals surface area contributed by atoms with Crippen LogP contribution in [0.25, 0.3) is 0 Å². The molecule has 0 spiro atoms. The van der Waals surface area contributed by atoms with Crippen LogP contribution in [0.4, 0.5) is 0 Å². The molecule has 1 aliphatic rings. The lowest BCUT2D eigenvalue weighted by molar-refractivity contribution is 0.0501. The summed E-state index contributed by atoms with van der Waals surface area (Å²) in [5.41, 5.74) is 7.18. The fraction of sp³-hybridized carbons (Fsp3) is 0.600. The van der Waals surface area contributed by atoms with E-state index in [0.29, 0.717) is 0 Å². The molecule has 2 atom stereocenters. The van der Waals surface area contributed by atoms with E-state index in [4.69, 9.17) is 15.2 Å². The Labute approximate surface area is 109 Å². The zero-order valence-corrected chi connectivity index (χ0v) is 11.5.